The Morgan fingerprint density at radius 1 is 1.19 bits per heavy atom. The van der Waals surface area contributed by atoms with Gasteiger partial charge >= 0.3 is 0 Å². The largest absolute Gasteiger partial charge is 0.371 e. The van der Waals surface area contributed by atoms with Crippen molar-refractivity contribution in [1.82, 2.24) is 5.32 Å². The number of halogens is 4. The molecule has 0 aliphatic carbocycles. The second-order valence-corrected chi connectivity index (χ2v) is 2.87. The molecular weight excluding hydrogens is 228 g/mol. The lowest BCUT2D eigenvalue weighted by Crippen LogP contribution is -2.27. The van der Waals surface area contributed by atoms with Crippen molar-refractivity contribution in [2.45, 2.75) is 0 Å². The third-order valence-corrected chi connectivity index (χ3v) is 1.82. The summed E-state index contributed by atoms with van der Waals surface area (Å²) in [5, 5.41) is 4.14. The minimum absolute atomic E-state index is 0.0930. The van der Waals surface area contributed by atoms with E-state index in [1.807, 2.05) is 5.32 Å². The molecule has 0 aromatic heterocycles. The number of benzene rings is 1. The van der Waals surface area contributed by atoms with Crippen LogP contribution >= 0.6 is 0 Å². The van der Waals surface area contributed by atoms with Crippen molar-refractivity contribution in [3.8, 4) is 0 Å². The lowest BCUT2D eigenvalue weighted by molar-refractivity contribution is -0.118. The van der Waals surface area contributed by atoms with E-state index in [9.17, 15) is 22.4 Å². The lowest BCUT2D eigenvalue weighted by atomic mass is 10.2. The first-order valence-corrected chi connectivity index (χ1v) is 4.24. The van der Waals surface area contributed by atoms with Gasteiger partial charge in [0.15, 0.2) is 23.3 Å². The van der Waals surface area contributed by atoms with Crippen LogP contribution in [0, 0.1) is 23.3 Å². The molecule has 0 saturated carbocycles. The highest BCUT2D eigenvalue weighted by Gasteiger charge is 2.19. The maximum Gasteiger partial charge on any atom is 0.239 e. The summed E-state index contributed by atoms with van der Waals surface area (Å²) in [6, 6.07) is 0.0930. The molecule has 2 N–H and O–H groups in total. The van der Waals surface area contributed by atoms with Gasteiger partial charge in [-0.05, 0) is 0 Å². The Hall–Kier alpha value is -1.79. The van der Waals surface area contributed by atoms with Gasteiger partial charge in [0.1, 0.15) is 5.69 Å². The van der Waals surface area contributed by atoms with Crippen LogP contribution in [0.4, 0.5) is 23.2 Å². The summed E-state index contributed by atoms with van der Waals surface area (Å²) in [4.78, 5) is 10.8. The van der Waals surface area contributed by atoms with Crippen molar-refractivity contribution in [2.24, 2.45) is 0 Å². The molecule has 1 amide bonds. The van der Waals surface area contributed by atoms with Crippen molar-refractivity contribution >= 4 is 11.6 Å². The topological polar surface area (TPSA) is 41.1 Å². The minimum atomic E-state index is -1.57. The summed E-state index contributed by atoms with van der Waals surface area (Å²) in [6.45, 7) is -0.493. The smallest absolute Gasteiger partial charge is 0.239 e. The van der Waals surface area contributed by atoms with Crippen molar-refractivity contribution in [2.75, 3.05) is 18.9 Å². The van der Waals surface area contributed by atoms with Gasteiger partial charge in [-0.3, -0.25) is 4.79 Å². The van der Waals surface area contributed by atoms with Gasteiger partial charge in [-0.2, -0.15) is 0 Å². The van der Waals surface area contributed by atoms with Crippen LogP contribution in [0.1, 0.15) is 0 Å². The van der Waals surface area contributed by atoms with E-state index in [0.717, 1.165) is 0 Å². The highest BCUT2D eigenvalue weighted by atomic mass is 19.2. The first-order chi connectivity index (χ1) is 7.47. The molecule has 0 heterocycles. The van der Waals surface area contributed by atoms with Gasteiger partial charge in [0.2, 0.25) is 5.91 Å². The number of amides is 1. The number of anilines is 1. The molecule has 1 aromatic carbocycles. The average molecular weight is 236 g/mol. The summed E-state index contributed by atoms with van der Waals surface area (Å²) >= 11 is 0. The van der Waals surface area contributed by atoms with E-state index < -0.39 is 41.4 Å². The summed E-state index contributed by atoms with van der Waals surface area (Å²) in [5.74, 6) is -6.77. The zero-order valence-corrected chi connectivity index (χ0v) is 8.20. The molecule has 16 heavy (non-hydrogen) atoms. The maximum absolute atomic E-state index is 13.0. The first-order valence-electron chi connectivity index (χ1n) is 4.24. The fraction of sp³-hybridized carbons (Fsp3) is 0.222. The van der Waals surface area contributed by atoms with Gasteiger partial charge in [0.05, 0.1) is 6.54 Å². The van der Waals surface area contributed by atoms with Crippen molar-refractivity contribution in [3.05, 3.63) is 29.3 Å². The Bertz CT molecular complexity index is 396. The Morgan fingerprint density at radius 3 is 2.12 bits per heavy atom. The van der Waals surface area contributed by atoms with E-state index >= 15 is 0 Å². The van der Waals surface area contributed by atoms with Gasteiger partial charge in [0.25, 0.3) is 0 Å². The predicted octanol–water partition coefficient (Wildman–Crippen LogP) is 1.40. The summed E-state index contributed by atoms with van der Waals surface area (Å²) in [7, 11) is 1.31. The van der Waals surface area contributed by atoms with Crippen LogP contribution in [0.2, 0.25) is 0 Å². The Kier molecular flexibility index (Phi) is 3.70. The van der Waals surface area contributed by atoms with E-state index in [0.29, 0.717) is 0 Å². The molecule has 1 aromatic rings. The fourth-order valence-electron chi connectivity index (χ4n) is 0.985. The van der Waals surface area contributed by atoms with Gasteiger partial charge in [-0.25, -0.2) is 17.6 Å². The Labute approximate surface area is 88.4 Å². The number of rotatable bonds is 3. The monoisotopic (exact) mass is 236 g/mol. The number of nitrogens with one attached hydrogen (secondary N) is 2. The highest BCUT2D eigenvalue weighted by Crippen LogP contribution is 2.23. The van der Waals surface area contributed by atoms with Crippen LogP contribution in [-0.4, -0.2) is 19.5 Å². The molecule has 0 spiro atoms. The molecule has 0 atom stereocenters. The third kappa shape index (κ3) is 2.41. The van der Waals surface area contributed by atoms with Gasteiger partial charge < -0.3 is 10.6 Å². The molecule has 0 fully saturated rings. The molecule has 1 rings (SSSR count). The number of carbonyl (C=O) groups is 1. The molecule has 0 aliphatic heterocycles. The third-order valence-electron chi connectivity index (χ3n) is 1.82. The summed E-state index contributed by atoms with van der Waals surface area (Å²) < 4.78 is 51.5. The number of likely N-dealkylation sites (N-methyl/N-ethyl adjacent to an activating group) is 1. The zero-order chi connectivity index (χ0) is 12.3. The van der Waals surface area contributed by atoms with Crippen LogP contribution < -0.4 is 10.6 Å². The van der Waals surface area contributed by atoms with E-state index in [2.05, 4.69) is 5.32 Å². The molecule has 3 nitrogen and oxygen atoms in total. The normalized spacial score (nSPS) is 10.1. The first kappa shape index (κ1) is 12.3. The highest BCUT2D eigenvalue weighted by molar-refractivity contribution is 5.80. The zero-order valence-electron chi connectivity index (χ0n) is 8.20. The Balaban J connectivity index is 2.99. The summed E-state index contributed by atoms with van der Waals surface area (Å²) in [5.41, 5.74) is -0.999. The fourth-order valence-corrected chi connectivity index (χ4v) is 0.985. The van der Waals surface area contributed by atoms with Crippen LogP contribution in [0.15, 0.2) is 6.07 Å². The number of hydrogen-bond acceptors (Lipinski definition) is 2. The molecule has 0 unspecified atom stereocenters. The molecular formula is C9H8F4N2O. The van der Waals surface area contributed by atoms with E-state index in [4.69, 9.17) is 0 Å². The van der Waals surface area contributed by atoms with Crippen LogP contribution in [0.5, 0.6) is 0 Å². The second-order valence-electron chi connectivity index (χ2n) is 2.87. The van der Waals surface area contributed by atoms with Crippen LogP contribution in [0.25, 0.3) is 0 Å². The van der Waals surface area contributed by atoms with Crippen molar-refractivity contribution in [1.29, 1.82) is 0 Å². The lowest BCUT2D eigenvalue weighted by Gasteiger charge is -2.08. The van der Waals surface area contributed by atoms with E-state index in [1.165, 1.54) is 7.05 Å². The predicted molar refractivity (Wildman–Crippen MR) is 48.8 cm³/mol. The molecule has 7 heteroatoms. The average Bonchev–Trinajstić information content (AvgIpc) is 2.26. The minimum Gasteiger partial charge on any atom is -0.371 e. The van der Waals surface area contributed by atoms with Crippen LogP contribution in [-0.2, 0) is 4.79 Å². The van der Waals surface area contributed by atoms with Crippen molar-refractivity contribution < 1.29 is 22.4 Å². The SMILES string of the molecule is CNC(=O)CNc1c(F)c(F)cc(F)c1F. The molecule has 0 aliphatic rings. The van der Waals surface area contributed by atoms with Crippen molar-refractivity contribution in [3.63, 3.8) is 0 Å². The second kappa shape index (κ2) is 4.82. The molecule has 0 radical (unpaired) electrons. The van der Waals surface area contributed by atoms with Gasteiger partial charge in [-0.15, -0.1) is 0 Å². The summed E-state index contributed by atoms with van der Waals surface area (Å²) in [6.07, 6.45) is 0. The van der Waals surface area contributed by atoms with E-state index in [-0.39, 0.29) is 6.07 Å². The Morgan fingerprint density at radius 2 is 1.69 bits per heavy atom. The number of carbonyl (C=O) groups excluding carboxylic acids is 1. The number of hydrogen-bond donors (Lipinski definition) is 2. The van der Waals surface area contributed by atoms with Crippen LogP contribution in [0.3, 0.4) is 0 Å². The quantitative estimate of drug-likeness (QED) is 0.615. The molecule has 0 bridgehead atoms. The molecule has 88 valence electrons. The molecule has 0 saturated heterocycles. The van der Waals surface area contributed by atoms with Gasteiger partial charge in [-0.1, -0.05) is 0 Å². The maximum atomic E-state index is 13.0. The standard InChI is InChI=1S/C9H8F4N2O/c1-14-6(16)3-15-9-7(12)4(10)2-5(11)8(9)13/h2,15H,3H2,1H3,(H,14,16). The van der Waals surface area contributed by atoms with E-state index in [1.54, 1.807) is 0 Å². The van der Waals surface area contributed by atoms with Gasteiger partial charge in [0, 0.05) is 13.1 Å².